The van der Waals surface area contributed by atoms with Crippen LogP contribution in [0, 0.1) is 0 Å². The average Bonchev–Trinajstić information content (AvgIpc) is 2.03. The maximum absolute atomic E-state index is 10.6. The minimum atomic E-state index is -1.27. The summed E-state index contributed by atoms with van der Waals surface area (Å²) in [6.45, 7) is 1.58. The Hall–Kier alpha value is -1.65. The molecule has 72 valence electrons. The molecule has 0 radical (unpaired) electrons. The molecule has 0 aromatic rings. The number of hydrogen-bond acceptors (Lipinski definition) is 3. The fourth-order valence-electron chi connectivity index (χ4n) is 0.848. The van der Waals surface area contributed by atoms with Gasteiger partial charge in [0.05, 0.1) is 11.1 Å². The molecule has 0 rings (SSSR count). The fraction of sp³-hybridized carbons (Fsp3) is 0.375. The lowest BCUT2D eigenvalue weighted by Gasteiger charge is -2.00. The summed E-state index contributed by atoms with van der Waals surface area (Å²) in [5.74, 6) is -2.50. The molecule has 0 bridgehead atoms. The third-order valence-corrected chi connectivity index (χ3v) is 1.43. The van der Waals surface area contributed by atoms with Gasteiger partial charge in [0.2, 0.25) is 0 Å². The number of rotatable bonds is 4. The van der Waals surface area contributed by atoms with E-state index in [1.807, 2.05) is 0 Å². The lowest BCUT2D eigenvalue weighted by Crippen LogP contribution is -2.11. The highest BCUT2D eigenvalue weighted by atomic mass is 16.4. The summed E-state index contributed by atoms with van der Waals surface area (Å²) in [4.78, 5) is 24.6. The van der Waals surface area contributed by atoms with Crippen molar-refractivity contribution in [2.75, 3.05) is 7.05 Å². The lowest BCUT2D eigenvalue weighted by molar-refractivity contribution is -0.135. The number of nitrogens with zero attached hydrogens (tertiary/aromatic N) is 1. The van der Waals surface area contributed by atoms with Gasteiger partial charge in [-0.1, -0.05) is 6.92 Å². The van der Waals surface area contributed by atoms with Crippen molar-refractivity contribution in [2.24, 2.45) is 4.99 Å². The van der Waals surface area contributed by atoms with Crippen LogP contribution < -0.4 is 0 Å². The van der Waals surface area contributed by atoms with E-state index in [0.717, 1.165) is 6.21 Å². The maximum atomic E-state index is 10.6. The Morgan fingerprint density at radius 2 is 1.85 bits per heavy atom. The van der Waals surface area contributed by atoms with Crippen LogP contribution in [0.4, 0.5) is 0 Å². The van der Waals surface area contributed by atoms with Gasteiger partial charge in [-0.3, -0.25) is 4.99 Å². The Balaban J connectivity index is 5.25. The van der Waals surface area contributed by atoms with E-state index in [2.05, 4.69) is 4.99 Å². The van der Waals surface area contributed by atoms with E-state index in [0.29, 0.717) is 0 Å². The van der Waals surface area contributed by atoms with Crippen LogP contribution in [-0.4, -0.2) is 35.4 Å². The highest BCUT2D eigenvalue weighted by molar-refractivity contribution is 6.14. The second-order valence-corrected chi connectivity index (χ2v) is 2.24. The topological polar surface area (TPSA) is 87.0 Å². The zero-order valence-electron chi connectivity index (χ0n) is 7.44. The minimum Gasteiger partial charge on any atom is -0.478 e. The van der Waals surface area contributed by atoms with Gasteiger partial charge >= 0.3 is 11.9 Å². The zero-order chi connectivity index (χ0) is 10.4. The Morgan fingerprint density at radius 3 is 2.08 bits per heavy atom. The summed E-state index contributed by atoms with van der Waals surface area (Å²) >= 11 is 0. The summed E-state index contributed by atoms with van der Waals surface area (Å²) in [6, 6.07) is 0. The fourth-order valence-corrected chi connectivity index (χ4v) is 0.848. The van der Waals surface area contributed by atoms with Crippen LogP contribution in [0.5, 0.6) is 0 Å². The predicted octanol–water partition coefficient (Wildman–Crippen LogP) is 0.563. The van der Waals surface area contributed by atoms with Gasteiger partial charge in [-0.05, 0) is 6.42 Å². The molecule has 5 heteroatoms. The molecule has 0 spiro atoms. The summed E-state index contributed by atoms with van der Waals surface area (Å²) in [5, 5.41) is 17.3. The van der Waals surface area contributed by atoms with Crippen LogP contribution >= 0.6 is 0 Å². The van der Waals surface area contributed by atoms with E-state index in [1.54, 1.807) is 6.92 Å². The summed E-state index contributed by atoms with van der Waals surface area (Å²) in [5.41, 5.74) is -0.407. The Kier molecular flexibility index (Phi) is 4.43. The molecule has 0 saturated heterocycles. The van der Waals surface area contributed by atoms with Gasteiger partial charge in [-0.25, -0.2) is 9.59 Å². The largest absolute Gasteiger partial charge is 0.478 e. The van der Waals surface area contributed by atoms with Gasteiger partial charge < -0.3 is 10.2 Å². The van der Waals surface area contributed by atoms with Crippen LogP contribution in [0.15, 0.2) is 16.1 Å². The van der Waals surface area contributed by atoms with E-state index in [1.165, 1.54) is 7.05 Å². The molecule has 0 unspecified atom stereocenters. The number of aliphatic carboxylic acids is 2. The molecule has 0 aromatic carbocycles. The van der Waals surface area contributed by atoms with Crippen LogP contribution in [0.3, 0.4) is 0 Å². The quantitative estimate of drug-likeness (QED) is 0.495. The third-order valence-electron chi connectivity index (χ3n) is 1.43. The van der Waals surface area contributed by atoms with Crippen molar-refractivity contribution in [1.82, 2.24) is 0 Å². The minimum absolute atomic E-state index is 0.141. The predicted molar refractivity (Wildman–Crippen MR) is 47.0 cm³/mol. The number of carboxylic acids is 2. The maximum Gasteiger partial charge on any atom is 0.337 e. The molecular formula is C8H11NO4. The number of hydrogen-bond donors (Lipinski definition) is 2. The third kappa shape index (κ3) is 3.06. The highest BCUT2D eigenvalue weighted by Gasteiger charge is 2.16. The molecule has 0 aliphatic carbocycles. The Bertz CT molecular complexity index is 278. The molecule has 5 nitrogen and oxygen atoms in total. The number of aliphatic imine (C=N–C) groups is 1. The zero-order valence-corrected chi connectivity index (χ0v) is 7.44. The van der Waals surface area contributed by atoms with Crippen LogP contribution in [-0.2, 0) is 9.59 Å². The van der Waals surface area contributed by atoms with Crippen molar-refractivity contribution in [2.45, 2.75) is 13.3 Å². The molecule has 0 atom stereocenters. The van der Waals surface area contributed by atoms with Crippen LogP contribution in [0.2, 0.25) is 0 Å². The second-order valence-electron chi connectivity index (χ2n) is 2.24. The van der Waals surface area contributed by atoms with Crippen molar-refractivity contribution in [3.05, 3.63) is 11.1 Å². The van der Waals surface area contributed by atoms with E-state index in [4.69, 9.17) is 10.2 Å². The summed E-state index contributed by atoms with van der Waals surface area (Å²) in [7, 11) is 1.39. The van der Waals surface area contributed by atoms with Gasteiger partial charge in [-0.15, -0.1) is 0 Å². The van der Waals surface area contributed by atoms with E-state index in [9.17, 15) is 9.59 Å². The van der Waals surface area contributed by atoms with E-state index in [-0.39, 0.29) is 17.6 Å². The highest BCUT2D eigenvalue weighted by Crippen LogP contribution is 2.07. The first-order valence-electron chi connectivity index (χ1n) is 3.66. The Labute approximate surface area is 75.4 Å². The summed E-state index contributed by atoms with van der Waals surface area (Å²) in [6.07, 6.45) is 1.19. The first-order valence-corrected chi connectivity index (χ1v) is 3.66. The molecule has 0 heterocycles. The SMILES string of the molecule is CC/C(C(=O)O)=C(\C=NC)C(=O)O. The molecule has 0 aliphatic rings. The van der Waals surface area contributed by atoms with E-state index >= 15 is 0 Å². The van der Waals surface area contributed by atoms with E-state index < -0.39 is 11.9 Å². The van der Waals surface area contributed by atoms with Crippen molar-refractivity contribution in [3.8, 4) is 0 Å². The Morgan fingerprint density at radius 1 is 1.31 bits per heavy atom. The van der Waals surface area contributed by atoms with Crippen molar-refractivity contribution in [3.63, 3.8) is 0 Å². The van der Waals surface area contributed by atoms with Gasteiger partial charge in [0.15, 0.2) is 0 Å². The van der Waals surface area contributed by atoms with Crippen LogP contribution in [0.1, 0.15) is 13.3 Å². The van der Waals surface area contributed by atoms with Crippen molar-refractivity contribution < 1.29 is 19.8 Å². The molecule has 13 heavy (non-hydrogen) atoms. The van der Waals surface area contributed by atoms with Crippen molar-refractivity contribution >= 4 is 18.2 Å². The van der Waals surface area contributed by atoms with Gasteiger partial charge in [0.25, 0.3) is 0 Å². The molecule has 0 fully saturated rings. The first kappa shape index (κ1) is 11.4. The molecular weight excluding hydrogens is 174 g/mol. The molecule has 0 aliphatic heterocycles. The molecule has 0 aromatic heterocycles. The molecule has 0 saturated carbocycles. The number of carbonyl (C=O) groups is 2. The normalized spacial score (nSPS) is 12.8. The first-order chi connectivity index (χ1) is 6.04. The van der Waals surface area contributed by atoms with Gasteiger partial charge in [0.1, 0.15) is 0 Å². The average molecular weight is 185 g/mol. The van der Waals surface area contributed by atoms with Crippen molar-refractivity contribution in [1.29, 1.82) is 0 Å². The molecule has 0 amide bonds. The second kappa shape index (κ2) is 5.08. The monoisotopic (exact) mass is 185 g/mol. The lowest BCUT2D eigenvalue weighted by atomic mass is 10.1. The van der Waals surface area contributed by atoms with Crippen LogP contribution in [0.25, 0.3) is 0 Å². The van der Waals surface area contributed by atoms with Gasteiger partial charge in [0, 0.05) is 13.3 Å². The van der Waals surface area contributed by atoms with Gasteiger partial charge in [-0.2, -0.15) is 0 Å². The number of carboxylic acid groups (broad SMARTS) is 2. The molecule has 2 N–H and O–H groups in total. The smallest absolute Gasteiger partial charge is 0.337 e. The summed E-state index contributed by atoms with van der Waals surface area (Å²) < 4.78 is 0. The standard InChI is InChI=1S/C8H11NO4/c1-3-5(7(10)11)6(4-9-2)8(12)13/h4H,3H2,1-2H3,(H,10,11)(H,12,13)/b6-5-,9-4?.